The van der Waals surface area contributed by atoms with Crippen molar-refractivity contribution in [3.8, 4) is 11.4 Å². The number of rotatable bonds is 2. The first-order chi connectivity index (χ1) is 7.81. The largest absolute Gasteiger partial charge is 0.411 e. The Balaban J connectivity index is 2.48. The minimum atomic E-state index is -0.564. The lowest BCUT2D eigenvalue weighted by Gasteiger charge is -2.00. The number of oxime groups is 1. The van der Waals surface area contributed by atoms with Gasteiger partial charge >= 0.3 is 0 Å². The lowest BCUT2D eigenvalue weighted by atomic mass is 10.2. The van der Waals surface area contributed by atoms with E-state index in [0.29, 0.717) is 11.4 Å². The standard InChI is InChI=1S/C10H7FN4O/c11-7-1-2-8(15-9(7)6-14-16)10-5-12-3-4-13-10/h1-6,16H/b14-6+. The normalized spacial score (nSPS) is 10.8. The second-order valence-electron chi connectivity index (χ2n) is 2.90. The second kappa shape index (κ2) is 4.43. The van der Waals surface area contributed by atoms with E-state index in [1.165, 1.54) is 30.7 Å². The first-order valence-corrected chi connectivity index (χ1v) is 4.41. The molecule has 2 aromatic heterocycles. The third-order valence-electron chi connectivity index (χ3n) is 1.88. The van der Waals surface area contributed by atoms with Gasteiger partial charge in [0.1, 0.15) is 11.4 Å². The molecule has 0 saturated heterocycles. The Morgan fingerprint density at radius 2 is 2.12 bits per heavy atom. The van der Waals surface area contributed by atoms with Crippen LogP contribution in [0, 0.1) is 5.82 Å². The summed E-state index contributed by atoms with van der Waals surface area (Å²) in [4.78, 5) is 11.9. The number of aromatic nitrogens is 3. The van der Waals surface area contributed by atoms with E-state index in [0.717, 1.165) is 6.21 Å². The molecule has 0 aromatic carbocycles. The smallest absolute Gasteiger partial charge is 0.150 e. The third-order valence-corrected chi connectivity index (χ3v) is 1.88. The molecule has 0 bridgehead atoms. The van der Waals surface area contributed by atoms with Gasteiger partial charge in [-0.2, -0.15) is 0 Å². The summed E-state index contributed by atoms with van der Waals surface area (Å²) in [5, 5.41) is 11.1. The Morgan fingerprint density at radius 1 is 1.25 bits per heavy atom. The predicted molar refractivity (Wildman–Crippen MR) is 54.6 cm³/mol. The average Bonchev–Trinajstić information content (AvgIpc) is 2.33. The molecule has 2 heterocycles. The number of pyridine rings is 1. The zero-order valence-electron chi connectivity index (χ0n) is 8.08. The number of hydrogen-bond acceptors (Lipinski definition) is 5. The zero-order chi connectivity index (χ0) is 11.4. The number of nitrogens with zero attached hydrogens (tertiary/aromatic N) is 4. The molecular formula is C10H7FN4O. The van der Waals surface area contributed by atoms with E-state index >= 15 is 0 Å². The van der Waals surface area contributed by atoms with Gasteiger partial charge in [-0.1, -0.05) is 5.16 Å². The second-order valence-corrected chi connectivity index (χ2v) is 2.90. The Morgan fingerprint density at radius 3 is 2.81 bits per heavy atom. The Kier molecular flexibility index (Phi) is 2.81. The van der Waals surface area contributed by atoms with Gasteiger partial charge < -0.3 is 5.21 Å². The van der Waals surface area contributed by atoms with Gasteiger partial charge in [0.25, 0.3) is 0 Å². The van der Waals surface area contributed by atoms with Crippen LogP contribution in [0.4, 0.5) is 4.39 Å². The maximum absolute atomic E-state index is 13.2. The third kappa shape index (κ3) is 2.00. The SMILES string of the molecule is O/N=C/c1nc(-c2cnccn2)ccc1F. The van der Waals surface area contributed by atoms with Crippen molar-refractivity contribution in [2.24, 2.45) is 5.16 Å². The molecule has 6 heteroatoms. The highest BCUT2D eigenvalue weighted by Crippen LogP contribution is 2.14. The maximum Gasteiger partial charge on any atom is 0.150 e. The molecular weight excluding hydrogens is 211 g/mol. The molecule has 1 N–H and O–H groups in total. The summed E-state index contributed by atoms with van der Waals surface area (Å²) >= 11 is 0. The molecule has 0 amide bonds. The minimum absolute atomic E-state index is 0.0503. The van der Waals surface area contributed by atoms with E-state index in [-0.39, 0.29) is 5.69 Å². The quantitative estimate of drug-likeness (QED) is 0.471. The molecule has 0 spiro atoms. The molecule has 2 rings (SSSR count). The van der Waals surface area contributed by atoms with Gasteiger partial charge in [-0.05, 0) is 12.1 Å². The van der Waals surface area contributed by atoms with Crippen LogP contribution < -0.4 is 0 Å². The van der Waals surface area contributed by atoms with Crippen LogP contribution in [0.2, 0.25) is 0 Å². The molecule has 5 nitrogen and oxygen atoms in total. The molecule has 0 aliphatic rings. The van der Waals surface area contributed by atoms with Crippen LogP contribution in [0.1, 0.15) is 5.69 Å². The van der Waals surface area contributed by atoms with Gasteiger partial charge in [0.15, 0.2) is 5.82 Å². The molecule has 0 fully saturated rings. The molecule has 0 radical (unpaired) electrons. The van der Waals surface area contributed by atoms with Crippen molar-refractivity contribution < 1.29 is 9.60 Å². The fourth-order valence-electron chi connectivity index (χ4n) is 1.18. The molecule has 80 valence electrons. The fraction of sp³-hybridized carbons (Fsp3) is 0. The number of halogens is 1. The van der Waals surface area contributed by atoms with Crippen LogP contribution in [0.25, 0.3) is 11.4 Å². The molecule has 0 atom stereocenters. The van der Waals surface area contributed by atoms with Crippen LogP contribution in [0.15, 0.2) is 35.9 Å². The van der Waals surface area contributed by atoms with Crippen LogP contribution in [-0.4, -0.2) is 26.4 Å². The van der Waals surface area contributed by atoms with Crippen molar-refractivity contribution in [3.63, 3.8) is 0 Å². The maximum atomic E-state index is 13.2. The lowest BCUT2D eigenvalue weighted by Crippen LogP contribution is -1.97. The van der Waals surface area contributed by atoms with E-state index in [1.807, 2.05) is 0 Å². The number of hydrogen-bond donors (Lipinski definition) is 1. The fourth-order valence-corrected chi connectivity index (χ4v) is 1.18. The summed E-state index contributed by atoms with van der Waals surface area (Å²) in [5.74, 6) is -0.564. The van der Waals surface area contributed by atoms with Crippen molar-refractivity contribution >= 4 is 6.21 Å². The van der Waals surface area contributed by atoms with Crippen molar-refractivity contribution in [2.45, 2.75) is 0 Å². The van der Waals surface area contributed by atoms with Gasteiger partial charge in [-0.25, -0.2) is 9.37 Å². The van der Waals surface area contributed by atoms with Crippen LogP contribution in [0.5, 0.6) is 0 Å². The van der Waals surface area contributed by atoms with Gasteiger partial charge in [0.05, 0.1) is 18.1 Å². The van der Waals surface area contributed by atoms with E-state index < -0.39 is 5.82 Å². The average molecular weight is 218 g/mol. The summed E-state index contributed by atoms with van der Waals surface area (Å²) in [7, 11) is 0. The van der Waals surface area contributed by atoms with E-state index in [9.17, 15) is 4.39 Å². The van der Waals surface area contributed by atoms with Gasteiger partial charge in [-0.3, -0.25) is 9.97 Å². The summed E-state index contributed by atoms with van der Waals surface area (Å²) in [6, 6.07) is 2.71. The summed E-state index contributed by atoms with van der Waals surface area (Å²) in [5.41, 5.74) is 0.935. The van der Waals surface area contributed by atoms with Crippen molar-refractivity contribution in [1.29, 1.82) is 0 Å². The van der Waals surface area contributed by atoms with Crippen LogP contribution in [-0.2, 0) is 0 Å². The Bertz CT molecular complexity index is 515. The molecule has 16 heavy (non-hydrogen) atoms. The highest BCUT2D eigenvalue weighted by Gasteiger charge is 2.06. The monoisotopic (exact) mass is 218 g/mol. The highest BCUT2D eigenvalue weighted by atomic mass is 19.1. The van der Waals surface area contributed by atoms with Crippen molar-refractivity contribution in [2.75, 3.05) is 0 Å². The highest BCUT2D eigenvalue weighted by molar-refractivity contribution is 5.77. The molecule has 0 unspecified atom stereocenters. The predicted octanol–water partition coefficient (Wildman–Crippen LogP) is 1.49. The molecule has 2 aromatic rings. The topological polar surface area (TPSA) is 71.3 Å². The zero-order valence-corrected chi connectivity index (χ0v) is 8.08. The van der Waals surface area contributed by atoms with E-state index in [2.05, 4.69) is 20.1 Å². The lowest BCUT2D eigenvalue weighted by molar-refractivity contribution is 0.321. The first kappa shape index (κ1) is 10.2. The summed E-state index contributed by atoms with van der Waals surface area (Å²) < 4.78 is 13.2. The van der Waals surface area contributed by atoms with Crippen molar-refractivity contribution in [3.05, 3.63) is 42.2 Å². The van der Waals surface area contributed by atoms with Crippen molar-refractivity contribution in [1.82, 2.24) is 15.0 Å². The van der Waals surface area contributed by atoms with Crippen LogP contribution in [0.3, 0.4) is 0 Å². The van der Waals surface area contributed by atoms with Gasteiger partial charge in [0, 0.05) is 12.4 Å². The summed E-state index contributed by atoms with van der Waals surface area (Å²) in [6.07, 6.45) is 5.48. The minimum Gasteiger partial charge on any atom is -0.411 e. The first-order valence-electron chi connectivity index (χ1n) is 4.41. The summed E-state index contributed by atoms with van der Waals surface area (Å²) in [6.45, 7) is 0. The van der Waals surface area contributed by atoms with Gasteiger partial charge in [0.2, 0.25) is 0 Å². The van der Waals surface area contributed by atoms with Gasteiger partial charge in [-0.15, -0.1) is 0 Å². The molecule has 0 aliphatic carbocycles. The Hall–Kier alpha value is -2.37. The van der Waals surface area contributed by atoms with E-state index in [4.69, 9.17) is 5.21 Å². The van der Waals surface area contributed by atoms with E-state index in [1.54, 1.807) is 0 Å². The molecule has 0 saturated carbocycles. The molecule has 0 aliphatic heterocycles. The van der Waals surface area contributed by atoms with Crippen LogP contribution >= 0.6 is 0 Å². The Labute approximate surface area is 90.3 Å².